The molecule has 0 unspecified atom stereocenters. The van der Waals surface area contributed by atoms with Crippen LogP contribution in [0.15, 0.2) is 24.3 Å². The van der Waals surface area contributed by atoms with E-state index in [0.717, 1.165) is 12.8 Å². The highest BCUT2D eigenvalue weighted by atomic mass is 19.1. The van der Waals surface area contributed by atoms with E-state index in [1.165, 1.54) is 17.5 Å². The van der Waals surface area contributed by atoms with Crippen LogP contribution in [0.3, 0.4) is 0 Å². The largest absolute Gasteiger partial charge is 0.250 e. The molecule has 1 aliphatic carbocycles. The molecule has 1 saturated carbocycles. The van der Waals surface area contributed by atoms with Gasteiger partial charge < -0.3 is 0 Å². The average molecular weight is 178 g/mol. The van der Waals surface area contributed by atoms with Gasteiger partial charge in [-0.15, -0.1) is 0 Å². The maximum Gasteiger partial charge on any atom is 0.0991 e. The fourth-order valence-electron chi connectivity index (χ4n) is 2.25. The van der Waals surface area contributed by atoms with Crippen molar-refractivity contribution in [2.75, 3.05) is 6.67 Å². The van der Waals surface area contributed by atoms with Crippen molar-refractivity contribution in [3.05, 3.63) is 35.4 Å². The minimum atomic E-state index is -0.197. The first-order chi connectivity index (χ1) is 6.28. The first-order valence-electron chi connectivity index (χ1n) is 4.91. The zero-order chi connectivity index (χ0) is 9.31. The molecule has 0 aliphatic heterocycles. The van der Waals surface area contributed by atoms with Gasteiger partial charge in [0.05, 0.1) is 6.67 Å². The summed E-state index contributed by atoms with van der Waals surface area (Å²) in [5.41, 5.74) is 2.34. The Hall–Kier alpha value is -0.850. The summed E-state index contributed by atoms with van der Waals surface area (Å²) < 4.78 is 13.0. The zero-order valence-electron chi connectivity index (χ0n) is 8.02. The monoisotopic (exact) mass is 178 g/mol. The molecule has 0 saturated heterocycles. The van der Waals surface area contributed by atoms with Gasteiger partial charge in [-0.3, -0.25) is 4.39 Å². The molecule has 2 rings (SSSR count). The van der Waals surface area contributed by atoms with Crippen LogP contribution in [-0.2, 0) is 5.41 Å². The Morgan fingerprint density at radius 1 is 1.31 bits per heavy atom. The highest BCUT2D eigenvalue weighted by Gasteiger charge is 2.39. The Balaban J connectivity index is 2.38. The number of aryl methyl sites for hydroxylation is 1. The molecule has 1 heteroatoms. The lowest BCUT2D eigenvalue weighted by atomic mass is 9.64. The molecule has 0 amide bonds. The average Bonchev–Trinajstić information content (AvgIpc) is 2.07. The van der Waals surface area contributed by atoms with Crippen LogP contribution >= 0.6 is 0 Å². The minimum Gasteiger partial charge on any atom is -0.250 e. The van der Waals surface area contributed by atoms with Gasteiger partial charge in [0, 0.05) is 5.41 Å². The van der Waals surface area contributed by atoms with E-state index >= 15 is 0 Å². The molecule has 0 radical (unpaired) electrons. The number of halogens is 1. The smallest absolute Gasteiger partial charge is 0.0991 e. The molecule has 0 aromatic heterocycles. The van der Waals surface area contributed by atoms with Crippen LogP contribution in [0, 0.1) is 6.92 Å². The van der Waals surface area contributed by atoms with E-state index in [2.05, 4.69) is 19.1 Å². The summed E-state index contributed by atoms with van der Waals surface area (Å²) in [6, 6.07) is 8.18. The van der Waals surface area contributed by atoms with Crippen LogP contribution in [0.25, 0.3) is 0 Å². The molecule has 0 spiro atoms. The van der Waals surface area contributed by atoms with Crippen molar-refractivity contribution in [1.82, 2.24) is 0 Å². The van der Waals surface area contributed by atoms with Gasteiger partial charge in [-0.2, -0.15) is 0 Å². The first-order valence-corrected chi connectivity index (χ1v) is 4.91. The van der Waals surface area contributed by atoms with Gasteiger partial charge >= 0.3 is 0 Å². The maximum atomic E-state index is 13.0. The number of benzene rings is 1. The van der Waals surface area contributed by atoms with E-state index in [-0.39, 0.29) is 12.1 Å². The summed E-state index contributed by atoms with van der Waals surface area (Å²) >= 11 is 0. The van der Waals surface area contributed by atoms with Gasteiger partial charge in [0.25, 0.3) is 0 Å². The number of alkyl halides is 1. The lowest BCUT2D eigenvalue weighted by Crippen LogP contribution is -2.37. The van der Waals surface area contributed by atoms with Gasteiger partial charge in [-0.05, 0) is 30.9 Å². The molecular formula is C12H15F. The summed E-state index contributed by atoms with van der Waals surface area (Å²) in [5.74, 6) is 0. The molecule has 1 aliphatic rings. The quantitative estimate of drug-likeness (QED) is 0.651. The van der Waals surface area contributed by atoms with Gasteiger partial charge in [0.15, 0.2) is 0 Å². The molecule has 0 nitrogen and oxygen atoms in total. The molecule has 1 fully saturated rings. The highest BCUT2D eigenvalue weighted by Crippen LogP contribution is 2.45. The predicted molar refractivity (Wildman–Crippen MR) is 52.7 cm³/mol. The molecule has 0 bridgehead atoms. The fraction of sp³-hybridized carbons (Fsp3) is 0.500. The Kier molecular flexibility index (Phi) is 2.10. The van der Waals surface area contributed by atoms with Crippen molar-refractivity contribution < 1.29 is 4.39 Å². The Morgan fingerprint density at radius 3 is 2.46 bits per heavy atom. The molecule has 0 atom stereocenters. The third-order valence-electron chi connectivity index (χ3n) is 3.28. The third-order valence-corrected chi connectivity index (χ3v) is 3.28. The topological polar surface area (TPSA) is 0 Å². The SMILES string of the molecule is Cc1ccccc1C1(CF)CCC1. The van der Waals surface area contributed by atoms with Crippen molar-refractivity contribution in [2.45, 2.75) is 31.6 Å². The number of hydrogen-bond acceptors (Lipinski definition) is 0. The predicted octanol–water partition coefficient (Wildman–Crippen LogP) is 3.39. The van der Waals surface area contributed by atoms with E-state index in [4.69, 9.17) is 0 Å². The summed E-state index contributed by atoms with van der Waals surface area (Å²) in [6.45, 7) is 1.88. The van der Waals surface area contributed by atoms with Crippen molar-refractivity contribution >= 4 is 0 Å². The van der Waals surface area contributed by atoms with Crippen molar-refractivity contribution in [2.24, 2.45) is 0 Å². The Bertz CT molecular complexity index is 294. The van der Waals surface area contributed by atoms with Crippen molar-refractivity contribution in [3.63, 3.8) is 0 Å². The molecule has 13 heavy (non-hydrogen) atoms. The van der Waals surface area contributed by atoms with Gasteiger partial charge in [0.1, 0.15) is 0 Å². The van der Waals surface area contributed by atoms with E-state index in [1.54, 1.807) is 0 Å². The normalized spacial score (nSPS) is 19.5. The number of hydrogen-bond donors (Lipinski definition) is 0. The number of rotatable bonds is 2. The van der Waals surface area contributed by atoms with E-state index < -0.39 is 0 Å². The maximum absolute atomic E-state index is 13.0. The summed E-state index contributed by atoms with van der Waals surface area (Å²) in [4.78, 5) is 0. The second-order valence-electron chi connectivity index (χ2n) is 4.08. The van der Waals surface area contributed by atoms with Gasteiger partial charge in [-0.25, -0.2) is 0 Å². The van der Waals surface area contributed by atoms with Crippen LogP contribution in [0.5, 0.6) is 0 Å². The van der Waals surface area contributed by atoms with Crippen molar-refractivity contribution in [3.8, 4) is 0 Å². The minimum absolute atomic E-state index is 0.120. The summed E-state index contributed by atoms with van der Waals surface area (Å²) in [7, 11) is 0. The van der Waals surface area contributed by atoms with Crippen LogP contribution in [0.1, 0.15) is 30.4 Å². The van der Waals surface area contributed by atoms with Crippen LogP contribution in [-0.4, -0.2) is 6.67 Å². The molecule has 0 N–H and O–H groups in total. The van der Waals surface area contributed by atoms with Crippen LogP contribution in [0.4, 0.5) is 4.39 Å². The molecule has 0 heterocycles. The Morgan fingerprint density at radius 2 is 2.00 bits per heavy atom. The fourth-order valence-corrected chi connectivity index (χ4v) is 2.25. The summed E-state index contributed by atoms with van der Waals surface area (Å²) in [5, 5.41) is 0. The first kappa shape index (κ1) is 8.74. The van der Waals surface area contributed by atoms with Gasteiger partial charge in [-0.1, -0.05) is 30.7 Å². The lowest BCUT2D eigenvalue weighted by Gasteiger charge is -2.41. The molecule has 70 valence electrons. The summed E-state index contributed by atoms with van der Waals surface area (Å²) in [6.07, 6.45) is 3.22. The van der Waals surface area contributed by atoms with Crippen molar-refractivity contribution in [1.29, 1.82) is 0 Å². The van der Waals surface area contributed by atoms with E-state index in [9.17, 15) is 4.39 Å². The zero-order valence-corrected chi connectivity index (χ0v) is 8.02. The third kappa shape index (κ3) is 1.27. The second-order valence-corrected chi connectivity index (χ2v) is 4.08. The molecular weight excluding hydrogens is 163 g/mol. The van der Waals surface area contributed by atoms with E-state index in [1.807, 2.05) is 12.1 Å². The second kappa shape index (κ2) is 3.13. The molecule has 1 aromatic rings. The molecule has 1 aromatic carbocycles. The highest BCUT2D eigenvalue weighted by molar-refractivity contribution is 5.35. The Labute approximate surface area is 78.8 Å². The van der Waals surface area contributed by atoms with Crippen LogP contribution in [0.2, 0.25) is 0 Å². The van der Waals surface area contributed by atoms with Gasteiger partial charge in [0.2, 0.25) is 0 Å². The lowest BCUT2D eigenvalue weighted by molar-refractivity contribution is 0.184. The van der Waals surface area contributed by atoms with E-state index in [0.29, 0.717) is 0 Å². The van der Waals surface area contributed by atoms with Crippen LogP contribution < -0.4 is 0 Å². The standard InChI is InChI=1S/C12H15F/c1-10-5-2-3-6-11(10)12(9-13)7-4-8-12/h2-3,5-6H,4,7-9H2,1H3.